The quantitative estimate of drug-likeness (QED) is 0.218. The number of benzene rings is 4. The molecule has 49 heavy (non-hydrogen) atoms. The van der Waals surface area contributed by atoms with Crippen molar-refractivity contribution in [3.05, 3.63) is 208 Å². The van der Waals surface area contributed by atoms with Crippen molar-refractivity contribution in [2.75, 3.05) is 4.90 Å². The maximum absolute atomic E-state index is 13.7. The average molecular weight is 633 g/mol. The van der Waals surface area contributed by atoms with Crippen molar-refractivity contribution in [3.63, 3.8) is 0 Å². The monoisotopic (exact) mass is 632 g/mol. The molecule has 0 saturated heterocycles. The molecule has 4 aliphatic rings. The molecule has 9 rings (SSSR count). The first-order valence-corrected chi connectivity index (χ1v) is 16.5. The van der Waals surface area contributed by atoms with Crippen LogP contribution >= 0.6 is 0 Å². The highest BCUT2D eigenvalue weighted by atomic mass is 16.3. The number of nitrogens with zero attached hydrogens (tertiary/aromatic N) is 3. The average Bonchev–Trinajstić information content (AvgIpc) is 3.94. The Balaban J connectivity index is 1.48. The summed E-state index contributed by atoms with van der Waals surface area (Å²) >= 11 is 0. The Labute approximate surface area is 284 Å². The fraction of sp³-hybridized carbons (Fsp3) is 0.0455. The second-order valence-corrected chi connectivity index (χ2v) is 12.5. The topological polar surface area (TPSA) is 64.0 Å². The van der Waals surface area contributed by atoms with Gasteiger partial charge in [0.05, 0.1) is 34.4 Å². The SMILES string of the molecule is OC12/C=C3/C=CC(=N3)/C=c3/cc/c([nH]3)=C/C3=NC(=C(/c4ccccc4)C(=C(c4ccccc4)C1c1ccccc1)N2c1ccccc1)/C=C3. The largest absolute Gasteiger partial charge is 0.366 e. The summed E-state index contributed by atoms with van der Waals surface area (Å²) in [6.07, 6.45) is 14.1. The lowest BCUT2D eigenvalue weighted by Crippen LogP contribution is -2.47. The molecule has 1 aromatic heterocycles. The molecule has 2 N–H and O–H groups in total. The van der Waals surface area contributed by atoms with Crippen LogP contribution in [-0.2, 0) is 0 Å². The third-order valence-corrected chi connectivity index (χ3v) is 9.38. The highest BCUT2D eigenvalue weighted by molar-refractivity contribution is 6.20. The molecule has 5 nitrogen and oxygen atoms in total. The van der Waals surface area contributed by atoms with E-state index in [1.54, 1.807) is 0 Å². The number of rotatable bonds is 4. The van der Waals surface area contributed by atoms with E-state index in [0.29, 0.717) is 5.70 Å². The van der Waals surface area contributed by atoms with Gasteiger partial charge in [-0.3, -0.25) is 0 Å². The third kappa shape index (κ3) is 5.08. The van der Waals surface area contributed by atoms with Gasteiger partial charge in [0.15, 0.2) is 5.72 Å². The van der Waals surface area contributed by atoms with E-state index in [0.717, 1.165) is 67.0 Å². The molecular formula is C44H32N4O. The normalized spacial score (nSPS) is 24.9. The predicted octanol–water partition coefficient (Wildman–Crippen LogP) is 7.31. The van der Waals surface area contributed by atoms with Crippen LogP contribution in [0.3, 0.4) is 0 Å². The highest BCUT2D eigenvalue weighted by Gasteiger charge is 2.54. The van der Waals surface area contributed by atoms with Gasteiger partial charge in [0.2, 0.25) is 0 Å². The summed E-state index contributed by atoms with van der Waals surface area (Å²) < 4.78 is 0. The lowest BCUT2D eigenvalue weighted by molar-refractivity contribution is 0.0900. The summed E-state index contributed by atoms with van der Waals surface area (Å²) in [6, 6.07) is 45.4. The Kier molecular flexibility index (Phi) is 6.92. The second-order valence-electron chi connectivity index (χ2n) is 12.5. The lowest BCUT2D eigenvalue weighted by atomic mass is 9.80. The van der Waals surface area contributed by atoms with E-state index in [4.69, 9.17) is 9.98 Å². The van der Waals surface area contributed by atoms with Gasteiger partial charge in [-0.1, -0.05) is 109 Å². The fourth-order valence-corrected chi connectivity index (χ4v) is 7.36. The number of allylic oxidation sites excluding steroid dienone is 5. The van der Waals surface area contributed by atoms with Crippen LogP contribution in [-0.4, -0.2) is 27.2 Å². The molecule has 5 heteroatoms. The number of fused-ring (bicyclic) bond motifs is 6. The van der Waals surface area contributed by atoms with Crippen LogP contribution in [0.4, 0.5) is 5.69 Å². The van der Waals surface area contributed by atoms with Crippen molar-refractivity contribution in [2.45, 2.75) is 11.6 Å². The number of aliphatic imine (C=N–C) groups is 2. The third-order valence-electron chi connectivity index (χ3n) is 9.38. The highest BCUT2D eigenvalue weighted by Crippen LogP contribution is 2.57. The maximum atomic E-state index is 13.7. The molecule has 0 aliphatic carbocycles. The molecule has 8 bridgehead atoms. The van der Waals surface area contributed by atoms with Crippen LogP contribution in [0.1, 0.15) is 22.6 Å². The van der Waals surface area contributed by atoms with Gasteiger partial charge in [0, 0.05) is 22.0 Å². The molecule has 4 aliphatic heterocycles. The Morgan fingerprint density at radius 1 is 0.592 bits per heavy atom. The van der Waals surface area contributed by atoms with Gasteiger partial charge in [-0.15, -0.1) is 0 Å². The van der Waals surface area contributed by atoms with Gasteiger partial charge in [-0.25, -0.2) is 9.98 Å². The van der Waals surface area contributed by atoms with Gasteiger partial charge >= 0.3 is 0 Å². The summed E-state index contributed by atoms with van der Waals surface area (Å²) in [5, 5.41) is 15.6. The predicted molar refractivity (Wildman–Crippen MR) is 200 cm³/mol. The van der Waals surface area contributed by atoms with E-state index < -0.39 is 11.6 Å². The van der Waals surface area contributed by atoms with Crippen LogP contribution in [0.25, 0.3) is 23.3 Å². The molecule has 0 saturated carbocycles. The van der Waals surface area contributed by atoms with Crippen molar-refractivity contribution < 1.29 is 5.11 Å². The molecule has 0 spiro atoms. The smallest absolute Gasteiger partial charge is 0.175 e. The van der Waals surface area contributed by atoms with Crippen molar-refractivity contribution in [2.24, 2.45) is 9.98 Å². The number of hydrogen-bond donors (Lipinski definition) is 2. The van der Waals surface area contributed by atoms with Crippen LogP contribution in [0.2, 0.25) is 0 Å². The van der Waals surface area contributed by atoms with Gasteiger partial charge in [0.1, 0.15) is 0 Å². The van der Waals surface area contributed by atoms with E-state index >= 15 is 0 Å². The molecular weight excluding hydrogens is 601 g/mol. The summed E-state index contributed by atoms with van der Waals surface area (Å²) in [5.41, 5.74) is 8.23. The number of aromatic amines is 1. The van der Waals surface area contributed by atoms with Crippen molar-refractivity contribution in [3.8, 4) is 0 Å². The summed E-state index contributed by atoms with van der Waals surface area (Å²) in [5.74, 6) is -0.503. The summed E-state index contributed by atoms with van der Waals surface area (Å²) in [4.78, 5) is 15.9. The van der Waals surface area contributed by atoms with E-state index in [9.17, 15) is 5.11 Å². The number of aliphatic hydroxyl groups is 1. The van der Waals surface area contributed by atoms with Gasteiger partial charge in [-0.05, 0) is 89.1 Å². The fourth-order valence-electron chi connectivity index (χ4n) is 7.36. The standard InChI is InChI=1S/C44H32N4O/c49-44-29-37-24-23-35(46-37)27-33-21-22-34(45-33)28-36-25-26-39(47-36)40(30-13-5-1-6-14-30)43(48(44)38-19-11-4-12-20-38)41(31-15-7-2-8-16-31)42(44)32-17-9-3-10-18-32/h1-29,42,45,49H/b33-27-,34-28-,37-29-,40-39-. The van der Waals surface area contributed by atoms with Crippen LogP contribution in [0.5, 0.6) is 0 Å². The Morgan fingerprint density at radius 3 is 1.84 bits per heavy atom. The first-order chi connectivity index (χ1) is 24.1. The molecule has 2 atom stereocenters. The number of hydrogen-bond acceptors (Lipinski definition) is 4. The zero-order valence-corrected chi connectivity index (χ0v) is 26.6. The minimum atomic E-state index is -1.58. The van der Waals surface area contributed by atoms with Crippen molar-refractivity contribution in [1.29, 1.82) is 0 Å². The first-order valence-electron chi connectivity index (χ1n) is 16.5. The minimum Gasteiger partial charge on any atom is -0.366 e. The maximum Gasteiger partial charge on any atom is 0.175 e. The van der Waals surface area contributed by atoms with Crippen LogP contribution in [0.15, 0.2) is 191 Å². The molecule has 5 heterocycles. The second kappa shape index (κ2) is 11.7. The number of H-pyrrole nitrogens is 1. The summed E-state index contributed by atoms with van der Waals surface area (Å²) in [7, 11) is 0. The molecule has 4 aromatic carbocycles. The van der Waals surface area contributed by atoms with Crippen molar-refractivity contribution >= 4 is 40.4 Å². The van der Waals surface area contributed by atoms with E-state index in [-0.39, 0.29) is 0 Å². The van der Waals surface area contributed by atoms with Crippen molar-refractivity contribution in [1.82, 2.24) is 4.98 Å². The molecule has 0 radical (unpaired) electrons. The number of para-hydroxylation sites is 1. The lowest BCUT2D eigenvalue weighted by Gasteiger charge is -2.39. The summed E-state index contributed by atoms with van der Waals surface area (Å²) in [6.45, 7) is 0. The first kappa shape index (κ1) is 28.9. The van der Waals surface area contributed by atoms with E-state index in [1.807, 2.05) is 78.9 Å². The Bertz CT molecular complexity index is 2430. The molecule has 5 aromatic rings. The number of nitrogens with one attached hydrogen (secondary N) is 1. The molecule has 0 fully saturated rings. The minimum absolute atomic E-state index is 0.503. The van der Waals surface area contributed by atoms with Gasteiger partial charge in [-0.2, -0.15) is 0 Å². The van der Waals surface area contributed by atoms with Crippen LogP contribution < -0.4 is 15.6 Å². The van der Waals surface area contributed by atoms with E-state index in [2.05, 4.69) is 107 Å². The zero-order chi connectivity index (χ0) is 32.8. The molecule has 2 unspecified atom stereocenters. The molecule has 234 valence electrons. The van der Waals surface area contributed by atoms with Gasteiger partial charge < -0.3 is 15.0 Å². The molecule has 0 amide bonds. The number of aromatic nitrogens is 1. The Morgan fingerprint density at radius 2 is 1.16 bits per heavy atom. The van der Waals surface area contributed by atoms with E-state index in [1.165, 1.54) is 0 Å². The Hall–Kier alpha value is -6.30. The zero-order valence-electron chi connectivity index (χ0n) is 26.6. The van der Waals surface area contributed by atoms with Gasteiger partial charge in [0.25, 0.3) is 0 Å². The van der Waals surface area contributed by atoms with Crippen LogP contribution in [0, 0.1) is 0 Å². The number of anilines is 1.